The Morgan fingerprint density at radius 1 is 1.33 bits per heavy atom. The Balaban J connectivity index is 2.50. The minimum absolute atomic E-state index is 0.325. The first-order valence-electron chi connectivity index (χ1n) is 6.30. The molecule has 0 aromatic carbocycles. The fourth-order valence-electron chi connectivity index (χ4n) is 2.39. The summed E-state index contributed by atoms with van der Waals surface area (Å²) in [4.78, 5) is 5.03. The molecule has 1 saturated heterocycles. The fraction of sp³-hybridized carbons (Fsp3) is 1.00. The maximum atomic E-state index is 6.11. The number of nitrogens with two attached hydrogens (primary N) is 1. The summed E-state index contributed by atoms with van der Waals surface area (Å²) in [5.41, 5.74) is 6.11. The average Bonchev–Trinajstić information content (AvgIpc) is 2.27. The average molecular weight is 213 g/mol. The van der Waals surface area contributed by atoms with Gasteiger partial charge in [0, 0.05) is 37.8 Å². The standard InChI is InChI=1S/C12H27N3/c1-5-11-9-15(8-7-14(11)4)10(3)12(13)6-2/h10-12H,5-9,13H2,1-4H3. The van der Waals surface area contributed by atoms with Gasteiger partial charge in [-0.3, -0.25) is 4.90 Å². The van der Waals surface area contributed by atoms with Crippen LogP contribution in [0.5, 0.6) is 0 Å². The maximum Gasteiger partial charge on any atom is 0.0220 e. The molecule has 3 atom stereocenters. The molecule has 0 aliphatic carbocycles. The highest BCUT2D eigenvalue weighted by molar-refractivity contribution is 4.85. The Morgan fingerprint density at radius 3 is 2.53 bits per heavy atom. The highest BCUT2D eigenvalue weighted by Crippen LogP contribution is 2.15. The molecule has 1 heterocycles. The Hall–Kier alpha value is -0.120. The van der Waals surface area contributed by atoms with Gasteiger partial charge in [-0.2, -0.15) is 0 Å². The number of nitrogens with zero attached hydrogens (tertiary/aromatic N) is 2. The largest absolute Gasteiger partial charge is 0.326 e. The van der Waals surface area contributed by atoms with Gasteiger partial charge >= 0.3 is 0 Å². The van der Waals surface area contributed by atoms with Crippen LogP contribution in [-0.2, 0) is 0 Å². The second kappa shape index (κ2) is 5.83. The van der Waals surface area contributed by atoms with Gasteiger partial charge in [0.1, 0.15) is 0 Å². The molecule has 1 aliphatic rings. The van der Waals surface area contributed by atoms with Crippen molar-refractivity contribution in [1.29, 1.82) is 0 Å². The van der Waals surface area contributed by atoms with Gasteiger partial charge in [-0.05, 0) is 26.8 Å². The van der Waals surface area contributed by atoms with Gasteiger partial charge in [0.25, 0.3) is 0 Å². The van der Waals surface area contributed by atoms with E-state index in [9.17, 15) is 0 Å². The van der Waals surface area contributed by atoms with Crippen LogP contribution in [0.3, 0.4) is 0 Å². The first-order valence-corrected chi connectivity index (χ1v) is 6.30. The highest BCUT2D eigenvalue weighted by Gasteiger charge is 2.27. The van der Waals surface area contributed by atoms with E-state index < -0.39 is 0 Å². The first-order chi connectivity index (χ1) is 7.10. The number of rotatable bonds is 4. The first kappa shape index (κ1) is 12.9. The summed E-state index contributed by atoms with van der Waals surface area (Å²) in [5.74, 6) is 0. The SMILES string of the molecule is CCC(N)C(C)N1CCN(C)C(CC)C1. The van der Waals surface area contributed by atoms with Crippen LogP contribution in [0.25, 0.3) is 0 Å². The second-order valence-corrected chi connectivity index (χ2v) is 4.85. The molecule has 0 aromatic rings. The van der Waals surface area contributed by atoms with Gasteiger partial charge < -0.3 is 10.6 Å². The lowest BCUT2D eigenvalue weighted by Gasteiger charge is -2.43. The smallest absolute Gasteiger partial charge is 0.0220 e. The molecule has 1 fully saturated rings. The van der Waals surface area contributed by atoms with Crippen LogP contribution in [0.15, 0.2) is 0 Å². The van der Waals surface area contributed by atoms with E-state index in [0.717, 1.165) is 6.42 Å². The third-order valence-electron chi connectivity index (χ3n) is 3.95. The lowest BCUT2D eigenvalue weighted by atomic mass is 10.0. The van der Waals surface area contributed by atoms with Crippen molar-refractivity contribution in [2.45, 2.75) is 51.7 Å². The van der Waals surface area contributed by atoms with Crippen LogP contribution >= 0.6 is 0 Å². The summed E-state index contributed by atoms with van der Waals surface area (Å²) in [6.45, 7) is 10.2. The lowest BCUT2D eigenvalue weighted by Crippen LogP contribution is -2.57. The van der Waals surface area contributed by atoms with Crippen molar-refractivity contribution in [1.82, 2.24) is 9.80 Å². The Bertz CT molecular complexity index is 184. The van der Waals surface area contributed by atoms with E-state index in [-0.39, 0.29) is 0 Å². The summed E-state index contributed by atoms with van der Waals surface area (Å²) >= 11 is 0. The predicted octanol–water partition coefficient (Wildman–Crippen LogP) is 1.14. The van der Waals surface area contributed by atoms with Crippen molar-refractivity contribution in [2.75, 3.05) is 26.7 Å². The topological polar surface area (TPSA) is 32.5 Å². The summed E-state index contributed by atoms with van der Waals surface area (Å²) in [7, 11) is 2.23. The van der Waals surface area contributed by atoms with Gasteiger partial charge in [-0.1, -0.05) is 13.8 Å². The highest BCUT2D eigenvalue weighted by atomic mass is 15.3. The van der Waals surface area contributed by atoms with Gasteiger partial charge in [-0.15, -0.1) is 0 Å². The molecule has 2 N–H and O–H groups in total. The van der Waals surface area contributed by atoms with Gasteiger partial charge in [0.2, 0.25) is 0 Å². The van der Waals surface area contributed by atoms with Crippen LogP contribution in [0.1, 0.15) is 33.6 Å². The van der Waals surface area contributed by atoms with Crippen LogP contribution < -0.4 is 5.73 Å². The zero-order valence-corrected chi connectivity index (χ0v) is 10.7. The molecule has 0 aromatic heterocycles. The van der Waals surface area contributed by atoms with Crippen molar-refractivity contribution < 1.29 is 0 Å². The molecule has 1 aliphatic heterocycles. The van der Waals surface area contributed by atoms with E-state index in [2.05, 4.69) is 37.6 Å². The quantitative estimate of drug-likeness (QED) is 0.760. The Kier molecular flexibility index (Phi) is 5.03. The normalized spacial score (nSPS) is 29.0. The molecule has 15 heavy (non-hydrogen) atoms. The fourth-order valence-corrected chi connectivity index (χ4v) is 2.39. The van der Waals surface area contributed by atoms with Crippen molar-refractivity contribution >= 4 is 0 Å². The second-order valence-electron chi connectivity index (χ2n) is 4.85. The molecule has 0 radical (unpaired) electrons. The minimum atomic E-state index is 0.325. The van der Waals surface area contributed by atoms with Crippen LogP contribution in [0, 0.1) is 0 Å². The van der Waals surface area contributed by atoms with Crippen molar-refractivity contribution in [2.24, 2.45) is 5.73 Å². The third-order valence-corrected chi connectivity index (χ3v) is 3.95. The molecule has 1 rings (SSSR count). The van der Waals surface area contributed by atoms with E-state index in [0.29, 0.717) is 18.1 Å². The van der Waals surface area contributed by atoms with Crippen molar-refractivity contribution in [3.8, 4) is 0 Å². The lowest BCUT2D eigenvalue weighted by molar-refractivity contribution is 0.0591. The number of piperazine rings is 1. The van der Waals surface area contributed by atoms with E-state index in [1.54, 1.807) is 0 Å². The van der Waals surface area contributed by atoms with E-state index in [1.165, 1.54) is 26.1 Å². The molecule has 3 nitrogen and oxygen atoms in total. The monoisotopic (exact) mass is 213 g/mol. The summed E-state index contributed by atoms with van der Waals surface area (Å²) in [5, 5.41) is 0. The van der Waals surface area contributed by atoms with Crippen molar-refractivity contribution in [3.63, 3.8) is 0 Å². The molecular weight excluding hydrogens is 186 g/mol. The van der Waals surface area contributed by atoms with E-state index >= 15 is 0 Å². The van der Waals surface area contributed by atoms with Crippen LogP contribution in [0.4, 0.5) is 0 Å². The molecular formula is C12H27N3. The summed E-state index contributed by atoms with van der Waals surface area (Å²) < 4.78 is 0. The minimum Gasteiger partial charge on any atom is -0.326 e. The van der Waals surface area contributed by atoms with Gasteiger partial charge in [-0.25, -0.2) is 0 Å². The van der Waals surface area contributed by atoms with E-state index in [1.807, 2.05) is 0 Å². The zero-order valence-electron chi connectivity index (χ0n) is 10.7. The van der Waals surface area contributed by atoms with Crippen LogP contribution in [-0.4, -0.2) is 54.6 Å². The van der Waals surface area contributed by atoms with Crippen LogP contribution in [0.2, 0.25) is 0 Å². The molecule has 0 bridgehead atoms. The molecule has 0 amide bonds. The van der Waals surface area contributed by atoms with Gasteiger partial charge in [0.05, 0.1) is 0 Å². The van der Waals surface area contributed by atoms with E-state index in [4.69, 9.17) is 5.73 Å². The Morgan fingerprint density at radius 2 is 2.00 bits per heavy atom. The predicted molar refractivity (Wildman–Crippen MR) is 66.0 cm³/mol. The molecule has 3 heteroatoms. The van der Waals surface area contributed by atoms with Crippen molar-refractivity contribution in [3.05, 3.63) is 0 Å². The Labute approximate surface area is 94.6 Å². The zero-order chi connectivity index (χ0) is 11.4. The summed E-state index contributed by atoms with van der Waals surface area (Å²) in [6.07, 6.45) is 2.31. The number of hydrogen-bond donors (Lipinski definition) is 1. The van der Waals surface area contributed by atoms with Gasteiger partial charge in [0.15, 0.2) is 0 Å². The summed E-state index contributed by atoms with van der Waals surface area (Å²) in [6, 6.07) is 1.56. The third kappa shape index (κ3) is 3.16. The molecule has 3 unspecified atom stereocenters. The molecule has 90 valence electrons. The maximum absolute atomic E-state index is 6.11. The number of likely N-dealkylation sites (N-methyl/N-ethyl adjacent to an activating group) is 1. The molecule has 0 saturated carbocycles. The number of hydrogen-bond acceptors (Lipinski definition) is 3. The molecule has 0 spiro atoms.